The Kier molecular flexibility index (Phi) is 3.52. The SMILES string of the molecule is NC(CC12CC3CC(CC(C3)C1)C2)c1ccc(Cl)cc1Cl. The van der Waals surface area contributed by atoms with Crippen molar-refractivity contribution in [2.45, 2.75) is 51.0 Å². The van der Waals surface area contributed by atoms with E-state index >= 15 is 0 Å². The Balaban J connectivity index is 1.55. The van der Waals surface area contributed by atoms with Gasteiger partial charge in [-0.15, -0.1) is 0 Å². The topological polar surface area (TPSA) is 26.0 Å². The molecular formula is C18H23Cl2N. The molecule has 4 saturated carbocycles. The number of nitrogens with two attached hydrogens (primary N) is 1. The summed E-state index contributed by atoms with van der Waals surface area (Å²) in [7, 11) is 0. The standard InChI is InChI=1S/C18H23Cl2N/c19-14-1-2-15(16(20)6-14)17(21)10-18-7-11-3-12(8-18)5-13(4-11)9-18/h1-2,6,11-13,17H,3-5,7-10,21H2. The van der Waals surface area contributed by atoms with Crippen LogP contribution >= 0.6 is 23.2 Å². The average molecular weight is 324 g/mol. The Morgan fingerprint density at radius 3 is 2.14 bits per heavy atom. The Labute approximate surface area is 137 Å². The quantitative estimate of drug-likeness (QED) is 0.769. The molecule has 4 aliphatic carbocycles. The molecule has 0 radical (unpaired) electrons. The van der Waals surface area contributed by atoms with Gasteiger partial charge in [-0.1, -0.05) is 29.3 Å². The first kappa shape index (κ1) is 14.4. The average Bonchev–Trinajstić information content (AvgIpc) is 2.35. The monoisotopic (exact) mass is 323 g/mol. The van der Waals surface area contributed by atoms with Crippen LogP contribution in [-0.4, -0.2) is 0 Å². The summed E-state index contributed by atoms with van der Waals surface area (Å²) in [5, 5.41) is 1.41. The molecular weight excluding hydrogens is 301 g/mol. The zero-order chi connectivity index (χ0) is 14.6. The molecule has 4 bridgehead atoms. The van der Waals surface area contributed by atoms with Crippen LogP contribution in [0.4, 0.5) is 0 Å². The van der Waals surface area contributed by atoms with Crippen molar-refractivity contribution >= 4 is 23.2 Å². The van der Waals surface area contributed by atoms with Crippen LogP contribution in [0.25, 0.3) is 0 Å². The maximum absolute atomic E-state index is 6.54. The molecule has 0 heterocycles. The molecule has 114 valence electrons. The molecule has 1 unspecified atom stereocenters. The second-order valence-corrected chi connectivity index (χ2v) is 8.74. The highest BCUT2D eigenvalue weighted by Gasteiger charge is 2.51. The van der Waals surface area contributed by atoms with E-state index in [1.165, 1.54) is 38.5 Å². The summed E-state index contributed by atoms with van der Waals surface area (Å²) < 4.78 is 0. The van der Waals surface area contributed by atoms with Gasteiger partial charge in [0.05, 0.1) is 0 Å². The molecule has 1 atom stereocenters. The Bertz CT molecular complexity index is 519. The zero-order valence-corrected chi connectivity index (χ0v) is 13.8. The minimum Gasteiger partial charge on any atom is -0.324 e. The number of rotatable bonds is 3. The summed E-state index contributed by atoms with van der Waals surface area (Å²) in [5.41, 5.74) is 8.10. The van der Waals surface area contributed by atoms with Gasteiger partial charge < -0.3 is 5.73 Å². The molecule has 0 amide bonds. The molecule has 21 heavy (non-hydrogen) atoms. The summed E-state index contributed by atoms with van der Waals surface area (Å²) in [5.74, 6) is 2.93. The van der Waals surface area contributed by atoms with Crippen LogP contribution in [0.3, 0.4) is 0 Å². The molecule has 0 spiro atoms. The Morgan fingerprint density at radius 1 is 1.05 bits per heavy atom. The lowest BCUT2D eigenvalue weighted by Crippen LogP contribution is -2.47. The molecule has 0 saturated heterocycles. The van der Waals surface area contributed by atoms with Gasteiger partial charge in [-0.3, -0.25) is 0 Å². The molecule has 1 aromatic rings. The first-order valence-electron chi connectivity index (χ1n) is 8.23. The molecule has 1 nitrogen and oxygen atoms in total. The molecule has 4 fully saturated rings. The van der Waals surface area contributed by atoms with E-state index in [9.17, 15) is 0 Å². The third-order valence-electron chi connectivity index (χ3n) is 6.18. The highest BCUT2D eigenvalue weighted by atomic mass is 35.5. The van der Waals surface area contributed by atoms with E-state index in [4.69, 9.17) is 28.9 Å². The van der Waals surface area contributed by atoms with Gasteiger partial charge >= 0.3 is 0 Å². The molecule has 3 heteroatoms. The summed E-state index contributed by atoms with van der Waals surface area (Å²) in [6.07, 6.45) is 9.74. The number of benzene rings is 1. The van der Waals surface area contributed by atoms with Crippen LogP contribution in [0, 0.1) is 23.2 Å². The lowest BCUT2D eigenvalue weighted by atomic mass is 9.48. The summed E-state index contributed by atoms with van der Waals surface area (Å²) in [6.45, 7) is 0. The second kappa shape index (κ2) is 5.15. The van der Waals surface area contributed by atoms with Crippen LogP contribution in [-0.2, 0) is 0 Å². The van der Waals surface area contributed by atoms with Crippen molar-refractivity contribution in [2.75, 3.05) is 0 Å². The molecule has 0 aromatic heterocycles. The highest BCUT2D eigenvalue weighted by Crippen LogP contribution is 2.62. The third kappa shape index (κ3) is 2.62. The van der Waals surface area contributed by atoms with E-state index in [0.29, 0.717) is 10.4 Å². The Hall–Kier alpha value is -0.240. The number of halogens is 2. The van der Waals surface area contributed by atoms with E-state index in [-0.39, 0.29) is 6.04 Å². The van der Waals surface area contributed by atoms with E-state index in [1.807, 2.05) is 18.2 Å². The summed E-state index contributed by atoms with van der Waals surface area (Å²) in [6, 6.07) is 5.78. The molecule has 2 N–H and O–H groups in total. The third-order valence-corrected chi connectivity index (χ3v) is 6.74. The van der Waals surface area contributed by atoms with E-state index in [0.717, 1.165) is 34.8 Å². The van der Waals surface area contributed by atoms with Crippen LogP contribution in [0.2, 0.25) is 10.0 Å². The van der Waals surface area contributed by atoms with Gasteiger partial charge in [0.1, 0.15) is 0 Å². The fourth-order valence-electron chi connectivity index (χ4n) is 5.92. The fraction of sp³-hybridized carbons (Fsp3) is 0.667. The first-order valence-corrected chi connectivity index (χ1v) is 8.99. The molecule has 4 aliphatic rings. The molecule has 5 rings (SSSR count). The van der Waals surface area contributed by atoms with Crippen molar-refractivity contribution in [3.8, 4) is 0 Å². The van der Waals surface area contributed by atoms with Gasteiger partial charge in [-0.05, 0) is 85.8 Å². The van der Waals surface area contributed by atoms with Gasteiger partial charge in [0.25, 0.3) is 0 Å². The van der Waals surface area contributed by atoms with Crippen LogP contribution in [0.1, 0.15) is 56.6 Å². The van der Waals surface area contributed by atoms with Crippen molar-refractivity contribution in [3.05, 3.63) is 33.8 Å². The van der Waals surface area contributed by atoms with Crippen LogP contribution in [0.5, 0.6) is 0 Å². The molecule has 1 aromatic carbocycles. The van der Waals surface area contributed by atoms with E-state index in [1.54, 1.807) is 0 Å². The van der Waals surface area contributed by atoms with Crippen molar-refractivity contribution in [1.82, 2.24) is 0 Å². The second-order valence-electron chi connectivity index (χ2n) is 7.89. The predicted octanol–water partition coefficient (Wildman–Crippen LogP) is 5.60. The van der Waals surface area contributed by atoms with Crippen molar-refractivity contribution < 1.29 is 0 Å². The van der Waals surface area contributed by atoms with Gasteiger partial charge in [0.15, 0.2) is 0 Å². The lowest BCUT2D eigenvalue weighted by Gasteiger charge is -2.57. The fourth-order valence-corrected chi connectivity index (χ4v) is 6.47. The van der Waals surface area contributed by atoms with E-state index < -0.39 is 0 Å². The van der Waals surface area contributed by atoms with Crippen LogP contribution in [0.15, 0.2) is 18.2 Å². The first-order chi connectivity index (χ1) is 10.0. The maximum atomic E-state index is 6.54. The predicted molar refractivity (Wildman–Crippen MR) is 88.6 cm³/mol. The number of hydrogen-bond acceptors (Lipinski definition) is 1. The zero-order valence-electron chi connectivity index (χ0n) is 12.3. The summed E-state index contributed by atoms with van der Waals surface area (Å²) >= 11 is 12.3. The normalized spacial score (nSPS) is 38.7. The van der Waals surface area contributed by atoms with Crippen molar-refractivity contribution in [1.29, 1.82) is 0 Å². The van der Waals surface area contributed by atoms with Gasteiger partial charge in [0.2, 0.25) is 0 Å². The minimum atomic E-state index is 0.0472. The van der Waals surface area contributed by atoms with Crippen molar-refractivity contribution in [3.63, 3.8) is 0 Å². The lowest BCUT2D eigenvalue weighted by molar-refractivity contribution is -0.0605. The van der Waals surface area contributed by atoms with Gasteiger partial charge in [0, 0.05) is 16.1 Å². The Morgan fingerprint density at radius 2 is 1.62 bits per heavy atom. The van der Waals surface area contributed by atoms with Crippen molar-refractivity contribution in [2.24, 2.45) is 28.9 Å². The van der Waals surface area contributed by atoms with Gasteiger partial charge in [-0.25, -0.2) is 0 Å². The number of hydrogen-bond donors (Lipinski definition) is 1. The van der Waals surface area contributed by atoms with Crippen LogP contribution < -0.4 is 5.73 Å². The smallest absolute Gasteiger partial charge is 0.0468 e. The highest BCUT2D eigenvalue weighted by molar-refractivity contribution is 6.35. The van der Waals surface area contributed by atoms with Gasteiger partial charge in [-0.2, -0.15) is 0 Å². The van der Waals surface area contributed by atoms with E-state index in [2.05, 4.69) is 0 Å². The maximum Gasteiger partial charge on any atom is 0.0468 e. The molecule has 0 aliphatic heterocycles. The largest absolute Gasteiger partial charge is 0.324 e. The minimum absolute atomic E-state index is 0.0472. The summed E-state index contributed by atoms with van der Waals surface area (Å²) in [4.78, 5) is 0.